The Balaban J connectivity index is 1.58. The van der Waals surface area contributed by atoms with Crippen LogP contribution in [0.3, 0.4) is 0 Å². The number of carbonyl (C=O) groups is 2. The van der Waals surface area contributed by atoms with E-state index in [4.69, 9.17) is 5.11 Å². The highest BCUT2D eigenvalue weighted by Gasteiger charge is 2.07. The topological polar surface area (TPSA) is 129 Å². The first-order valence-electron chi connectivity index (χ1n) is 9.24. The summed E-state index contributed by atoms with van der Waals surface area (Å²) in [5.74, 6) is -0.0921. The molecule has 0 atom stereocenters. The van der Waals surface area contributed by atoms with Crippen molar-refractivity contribution in [3.05, 3.63) is 60.3 Å². The van der Waals surface area contributed by atoms with Crippen LogP contribution < -0.4 is 16.0 Å². The number of aromatic carboxylic acids is 1. The first-order chi connectivity index (χ1) is 14.5. The Labute approximate surface area is 171 Å². The van der Waals surface area contributed by atoms with E-state index < -0.39 is 5.97 Å². The molecule has 2 aromatic carbocycles. The number of rotatable bonds is 5. The zero-order chi connectivity index (χ0) is 21.1. The number of urea groups is 1. The van der Waals surface area contributed by atoms with Gasteiger partial charge in [-0.3, -0.25) is 5.32 Å². The van der Waals surface area contributed by atoms with Crippen molar-refractivity contribution < 1.29 is 14.7 Å². The SMILES string of the molecule is CCNC(=O)Nc1ccc2ncc(Nc3ccc4cc(C(=O)O)ccc4c3)nc2n1. The highest BCUT2D eigenvalue weighted by molar-refractivity contribution is 5.95. The Morgan fingerprint density at radius 3 is 2.53 bits per heavy atom. The summed E-state index contributed by atoms with van der Waals surface area (Å²) < 4.78 is 0. The number of pyridine rings is 1. The largest absolute Gasteiger partial charge is 0.478 e. The monoisotopic (exact) mass is 402 g/mol. The number of nitrogens with one attached hydrogen (secondary N) is 3. The van der Waals surface area contributed by atoms with Gasteiger partial charge in [-0.1, -0.05) is 12.1 Å². The summed E-state index contributed by atoms with van der Waals surface area (Å²) in [6, 6.07) is 13.6. The van der Waals surface area contributed by atoms with E-state index in [2.05, 4.69) is 30.9 Å². The number of hydrogen-bond acceptors (Lipinski definition) is 6. The van der Waals surface area contributed by atoms with Crippen molar-refractivity contribution in [3.63, 3.8) is 0 Å². The highest BCUT2D eigenvalue weighted by Crippen LogP contribution is 2.23. The van der Waals surface area contributed by atoms with E-state index >= 15 is 0 Å². The Morgan fingerprint density at radius 1 is 0.967 bits per heavy atom. The summed E-state index contributed by atoms with van der Waals surface area (Å²) in [6.07, 6.45) is 1.60. The smallest absolute Gasteiger partial charge is 0.335 e. The summed E-state index contributed by atoms with van der Waals surface area (Å²) in [7, 11) is 0. The van der Waals surface area contributed by atoms with Crippen LogP contribution in [0.1, 0.15) is 17.3 Å². The number of aromatic nitrogens is 3. The van der Waals surface area contributed by atoms with Gasteiger partial charge >= 0.3 is 12.0 Å². The number of hydrogen-bond donors (Lipinski definition) is 4. The van der Waals surface area contributed by atoms with Gasteiger partial charge in [0.2, 0.25) is 0 Å². The molecule has 0 saturated heterocycles. The molecule has 0 bridgehead atoms. The minimum atomic E-state index is -0.959. The molecule has 9 heteroatoms. The molecule has 0 spiro atoms. The summed E-state index contributed by atoms with van der Waals surface area (Å²) in [5, 5.41) is 19.3. The minimum Gasteiger partial charge on any atom is -0.478 e. The van der Waals surface area contributed by atoms with Crippen LogP contribution >= 0.6 is 0 Å². The average Bonchev–Trinajstić information content (AvgIpc) is 2.73. The predicted molar refractivity (Wildman–Crippen MR) is 114 cm³/mol. The van der Waals surface area contributed by atoms with Gasteiger partial charge in [0.15, 0.2) is 11.5 Å². The van der Waals surface area contributed by atoms with E-state index in [0.717, 1.165) is 16.5 Å². The van der Waals surface area contributed by atoms with Crippen LogP contribution in [0.25, 0.3) is 21.9 Å². The number of nitrogens with zero attached hydrogens (tertiary/aromatic N) is 3. The second-order valence-corrected chi connectivity index (χ2v) is 6.49. The van der Waals surface area contributed by atoms with Crippen molar-refractivity contribution in [1.82, 2.24) is 20.3 Å². The maximum absolute atomic E-state index is 11.7. The Morgan fingerprint density at radius 2 is 1.73 bits per heavy atom. The lowest BCUT2D eigenvalue weighted by Crippen LogP contribution is -2.28. The number of carboxylic acid groups (broad SMARTS) is 1. The number of carboxylic acids is 1. The highest BCUT2D eigenvalue weighted by atomic mass is 16.4. The first-order valence-corrected chi connectivity index (χ1v) is 9.24. The Hall–Kier alpha value is -4.27. The van der Waals surface area contributed by atoms with Gasteiger partial charge in [0.1, 0.15) is 11.3 Å². The zero-order valence-electron chi connectivity index (χ0n) is 16.0. The average molecular weight is 402 g/mol. The van der Waals surface area contributed by atoms with Gasteiger partial charge in [0.25, 0.3) is 0 Å². The third kappa shape index (κ3) is 4.09. The number of fused-ring (bicyclic) bond motifs is 2. The van der Waals surface area contributed by atoms with E-state index in [0.29, 0.717) is 29.3 Å². The molecule has 9 nitrogen and oxygen atoms in total. The maximum atomic E-state index is 11.7. The molecule has 0 fully saturated rings. The van der Waals surface area contributed by atoms with Crippen LogP contribution in [0, 0.1) is 0 Å². The Kier molecular flexibility index (Phi) is 5.08. The third-order valence-electron chi connectivity index (χ3n) is 4.35. The fourth-order valence-corrected chi connectivity index (χ4v) is 2.95. The predicted octanol–water partition coefficient (Wildman–Crippen LogP) is 3.76. The molecule has 0 aliphatic heterocycles. The molecule has 0 unspecified atom stereocenters. The minimum absolute atomic E-state index is 0.242. The van der Waals surface area contributed by atoms with Crippen LogP contribution in [-0.2, 0) is 0 Å². The molecule has 2 heterocycles. The van der Waals surface area contributed by atoms with Crippen LogP contribution in [0.2, 0.25) is 0 Å². The molecule has 4 N–H and O–H groups in total. The van der Waals surface area contributed by atoms with Gasteiger partial charge < -0.3 is 15.7 Å². The lowest BCUT2D eigenvalue weighted by atomic mass is 10.1. The molecule has 0 radical (unpaired) electrons. The van der Waals surface area contributed by atoms with Crippen LogP contribution in [0.4, 0.5) is 22.1 Å². The summed E-state index contributed by atoms with van der Waals surface area (Å²) in [5.41, 5.74) is 2.01. The molecule has 2 amide bonds. The number of benzene rings is 2. The molecule has 30 heavy (non-hydrogen) atoms. The van der Waals surface area contributed by atoms with Crippen molar-refractivity contribution in [2.24, 2.45) is 0 Å². The van der Waals surface area contributed by atoms with Crippen molar-refractivity contribution >= 4 is 51.3 Å². The second-order valence-electron chi connectivity index (χ2n) is 6.49. The van der Waals surface area contributed by atoms with Crippen molar-refractivity contribution in [2.75, 3.05) is 17.2 Å². The van der Waals surface area contributed by atoms with Crippen molar-refractivity contribution in [2.45, 2.75) is 6.92 Å². The standard InChI is InChI=1S/C21H18N6O3/c1-2-22-21(30)27-17-8-7-16-19(25-17)26-18(11-23-16)24-15-6-5-12-9-14(20(28)29)4-3-13(12)10-15/h3-11H,2H2,1H3,(H,28,29)(H3,22,24,25,26,27,30). The first kappa shape index (κ1) is 19.1. The molecule has 4 rings (SSSR count). The van der Waals surface area contributed by atoms with Gasteiger partial charge in [-0.05, 0) is 54.1 Å². The lowest BCUT2D eigenvalue weighted by Gasteiger charge is -2.09. The Bertz CT molecular complexity index is 1270. The van der Waals surface area contributed by atoms with Gasteiger partial charge in [-0.25, -0.2) is 24.5 Å². The van der Waals surface area contributed by atoms with Crippen LogP contribution in [0.15, 0.2) is 54.7 Å². The van der Waals surface area contributed by atoms with E-state index in [1.165, 1.54) is 0 Å². The number of anilines is 3. The second kappa shape index (κ2) is 8.00. The fourth-order valence-electron chi connectivity index (χ4n) is 2.95. The van der Waals surface area contributed by atoms with E-state index in [1.54, 1.807) is 36.5 Å². The third-order valence-corrected chi connectivity index (χ3v) is 4.35. The zero-order valence-corrected chi connectivity index (χ0v) is 16.0. The normalized spacial score (nSPS) is 10.7. The van der Waals surface area contributed by atoms with Crippen molar-refractivity contribution in [3.8, 4) is 0 Å². The molecule has 0 aliphatic carbocycles. The molecule has 0 saturated carbocycles. The molecule has 2 aromatic heterocycles. The number of carbonyl (C=O) groups excluding carboxylic acids is 1. The summed E-state index contributed by atoms with van der Waals surface area (Å²) in [4.78, 5) is 35.9. The molecular weight excluding hydrogens is 384 g/mol. The number of amides is 2. The van der Waals surface area contributed by atoms with E-state index in [-0.39, 0.29) is 11.6 Å². The maximum Gasteiger partial charge on any atom is 0.335 e. The summed E-state index contributed by atoms with van der Waals surface area (Å²) in [6.45, 7) is 2.34. The molecule has 150 valence electrons. The van der Waals surface area contributed by atoms with Gasteiger partial charge in [0, 0.05) is 12.2 Å². The van der Waals surface area contributed by atoms with Crippen LogP contribution in [-0.4, -0.2) is 38.6 Å². The molecule has 4 aromatic rings. The van der Waals surface area contributed by atoms with Crippen molar-refractivity contribution in [1.29, 1.82) is 0 Å². The van der Waals surface area contributed by atoms with E-state index in [9.17, 15) is 9.59 Å². The van der Waals surface area contributed by atoms with Crippen LogP contribution in [0.5, 0.6) is 0 Å². The van der Waals surface area contributed by atoms with Gasteiger partial charge in [0.05, 0.1) is 11.8 Å². The van der Waals surface area contributed by atoms with E-state index in [1.807, 2.05) is 25.1 Å². The fraction of sp³-hybridized carbons (Fsp3) is 0.0952. The van der Waals surface area contributed by atoms with Gasteiger partial charge in [-0.2, -0.15) is 0 Å². The quantitative estimate of drug-likeness (QED) is 0.400. The molecular formula is C21H18N6O3. The summed E-state index contributed by atoms with van der Waals surface area (Å²) >= 11 is 0. The lowest BCUT2D eigenvalue weighted by molar-refractivity contribution is 0.0697. The molecule has 0 aliphatic rings. The van der Waals surface area contributed by atoms with Gasteiger partial charge in [-0.15, -0.1) is 0 Å².